The van der Waals surface area contributed by atoms with Crippen LogP contribution in [0.3, 0.4) is 0 Å². The number of nitrogens with zero attached hydrogens (tertiary/aromatic N) is 1. The molecule has 1 rings (SSSR count). The normalized spacial score (nSPS) is 28.2. The van der Waals surface area contributed by atoms with Gasteiger partial charge in [0.15, 0.2) is 0 Å². The Hall–Kier alpha value is -0.120. The van der Waals surface area contributed by atoms with Crippen LogP contribution in [0.1, 0.15) is 33.6 Å². The van der Waals surface area contributed by atoms with Crippen molar-refractivity contribution < 1.29 is 4.74 Å². The summed E-state index contributed by atoms with van der Waals surface area (Å²) in [6, 6.07) is 0. The molecule has 90 valence electrons. The summed E-state index contributed by atoms with van der Waals surface area (Å²) in [6.45, 7) is 12.1. The summed E-state index contributed by atoms with van der Waals surface area (Å²) in [4.78, 5) is 2.50. The monoisotopic (exact) mass is 214 g/mol. The summed E-state index contributed by atoms with van der Waals surface area (Å²) in [7, 11) is 0. The molecule has 0 aromatic heterocycles. The molecule has 2 atom stereocenters. The first-order valence-electron chi connectivity index (χ1n) is 6.31. The summed E-state index contributed by atoms with van der Waals surface area (Å²) in [6.07, 6.45) is 3.35. The van der Waals surface area contributed by atoms with E-state index in [0.29, 0.717) is 12.2 Å². The molecule has 1 aliphatic rings. The maximum atomic E-state index is 5.70. The van der Waals surface area contributed by atoms with Gasteiger partial charge in [-0.2, -0.15) is 0 Å². The molecule has 0 aromatic carbocycles. The van der Waals surface area contributed by atoms with Crippen molar-refractivity contribution in [2.45, 2.75) is 45.8 Å². The number of rotatable bonds is 6. The molecular formula is C12H26N2O. The van der Waals surface area contributed by atoms with Gasteiger partial charge in [-0.3, -0.25) is 4.90 Å². The van der Waals surface area contributed by atoms with Crippen molar-refractivity contribution in [3.63, 3.8) is 0 Å². The van der Waals surface area contributed by atoms with Gasteiger partial charge in [0.2, 0.25) is 0 Å². The minimum Gasteiger partial charge on any atom is -0.373 e. The second kappa shape index (κ2) is 7.20. The molecule has 1 aliphatic heterocycles. The first-order valence-corrected chi connectivity index (χ1v) is 6.31. The molecule has 0 spiro atoms. The van der Waals surface area contributed by atoms with Gasteiger partial charge in [-0.1, -0.05) is 13.3 Å². The quantitative estimate of drug-likeness (QED) is 0.678. The standard InChI is InChI=1S/C12H26N2O/c1-4-5-6-13-7-8-14-9-11(2)15-12(3)10-14/h11-13H,4-10H2,1-3H3/t11-,12+. The van der Waals surface area contributed by atoms with Gasteiger partial charge >= 0.3 is 0 Å². The van der Waals surface area contributed by atoms with Crippen LogP contribution in [-0.4, -0.2) is 49.8 Å². The number of ether oxygens (including phenoxy) is 1. The lowest BCUT2D eigenvalue weighted by Gasteiger charge is -2.35. The lowest BCUT2D eigenvalue weighted by molar-refractivity contribution is -0.0674. The van der Waals surface area contributed by atoms with Crippen molar-refractivity contribution in [1.82, 2.24) is 10.2 Å². The molecule has 0 unspecified atom stereocenters. The van der Waals surface area contributed by atoms with E-state index in [1.807, 2.05) is 0 Å². The molecule has 3 heteroatoms. The molecular weight excluding hydrogens is 188 g/mol. The summed E-state index contributed by atoms with van der Waals surface area (Å²) in [5.74, 6) is 0. The largest absolute Gasteiger partial charge is 0.373 e. The van der Waals surface area contributed by atoms with E-state index in [-0.39, 0.29) is 0 Å². The molecule has 1 saturated heterocycles. The molecule has 0 saturated carbocycles. The van der Waals surface area contributed by atoms with E-state index in [0.717, 1.165) is 32.7 Å². The Bertz CT molecular complexity index is 154. The average molecular weight is 214 g/mol. The van der Waals surface area contributed by atoms with E-state index in [1.54, 1.807) is 0 Å². The molecule has 0 amide bonds. The molecule has 3 nitrogen and oxygen atoms in total. The van der Waals surface area contributed by atoms with Gasteiger partial charge in [-0.05, 0) is 26.8 Å². The minimum atomic E-state index is 0.393. The average Bonchev–Trinajstić information content (AvgIpc) is 2.16. The van der Waals surface area contributed by atoms with Gasteiger partial charge in [0, 0.05) is 26.2 Å². The zero-order valence-electron chi connectivity index (χ0n) is 10.5. The van der Waals surface area contributed by atoms with Crippen LogP contribution in [0.4, 0.5) is 0 Å². The Morgan fingerprint density at radius 1 is 1.20 bits per heavy atom. The number of hydrogen-bond acceptors (Lipinski definition) is 3. The molecule has 1 fully saturated rings. The second-order valence-electron chi connectivity index (χ2n) is 4.62. The van der Waals surface area contributed by atoms with Gasteiger partial charge in [-0.25, -0.2) is 0 Å². The maximum absolute atomic E-state index is 5.70. The van der Waals surface area contributed by atoms with E-state index in [4.69, 9.17) is 4.74 Å². The Morgan fingerprint density at radius 2 is 1.87 bits per heavy atom. The summed E-state index contributed by atoms with van der Waals surface area (Å²) in [5.41, 5.74) is 0. The van der Waals surface area contributed by atoms with Gasteiger partial charge in [0.05, 0.1) is 12.2 Å². The van der Waals surface area contributed by atoms with Crippen LogP contribution < -0.4 is 5.32 Å². The second-order valence-corrected chi connectivity index (χ2v) is 4.62. The third kappa shape index (κ3) is 5.50. The lowest BCUT2D eigenvalue weighted by Crippen LogP contribution is -2.47. The third-order valence-corrected chi connectivity index (χ3v) is 2.81. The molecule has 0 radical (unpaired) electrons. The van der Waals surface area contributed by atoms with Crippen LogP contribution in [-0.2, 0) is 4.74 Å². The molecule has 0 aliphatic carbocycles. The Balaban J connectivity index is 2.04. The number of hydrogen-bond donors (Lipinski definition) is 1. The van der Waals surface area contributed by atoms with Crippen LogP contribution in [0.25, 0.3) is 0 Å². The molecule has 1 heterocycles. The zero-order chi connectivity index (χ0) is 11.1. The van der Waals surface area contributed by atoms with Crippen molar-refractivity contribution in [1.29, 1.82) is 0 Å². The van der Waals surface area contributed by atoms with Gasteiger partial charge in [0.1, 0.15) is 0 Å². The molecule has 1 N–H and O–H groups in total. The van der Waals surface area contributed by atoms with E-state index >= 15 is 0 Å². The van der Waals surface area contributed by atoms with Gasteiger partial charge in [-0.15, -0.1) is 0 Å². The predicted molar refractivity (Wildman–Crippen MR) is 64.2 cm³/mol. The highest BCUT2D eigenvalue weighted by atomic mass is 16.5. The summed E-state index contributed by atoms with van der Waals surface area (Å²) < 4.78 is 5.70. The smallest absolute Gasteiger partial charge is 0.0678 e. The van der Waals surface area contributed by atoms with Crippen molar-refractivity contribution in [3.8, 4) is 0 Å². The van der Waals surface area contributed by atoms with Gasteiger partial charge < -0.3 is 10.1 Å². The van der Waals surface area contributed by atoms with E-state index in [1.165, 1.54) is 12.8 Å². The highest BCUT2D eigenvalue weighted by molar-refractivity contribution is 4.73. The van der Waals surface area contributed by atoms with Crippen molar-refractivity contribution >= 4 is 0 Å². The lowest BCUT2D eigenvalue weighted by atomic mass is 10.2. The highest BCUT2D eigenvalue weighted by Gasteiger charge is 2.21. The van der Waals surface area contributed by atoms with Crippen LogP contribution in [0.15, 0.2) is 0 Å². The Morgan fingerprint density at radius 3 is 2.47 bits per heavy atom. The van der Waals surface area contributed by atoms with E-state index < -0.39 is 0 Å². The highest BCUT2D eigenvalue weighted by Crippen LogP contribution is 2.09. The molecule has 0 aromatic rings. The molecule has 0 bridgehead atoms. The van der Waals surface area contributed by atoms with Crippen molar-refractivity contribution in [2.75, 3.05) is 32.7 Å². The van der Waals surface area contributed by atoms with Crippen LogP contribution in [0.2, 0.25) is 0 Å². The van der Waals surface area contributed by atoms with Crippen LogP contribution in [0, 0.1) is 0 Å². The summed E-state index contributed by atoms with van der Waals surface area (Å²) >= 11 is 0. The van der Waals surface area contributed by atoms with Crippen LogP contribution >= 0.6 is 0 Å². The van der Waals surface area contributed by atoms with E-state index in [2.05, 4.69) is 31.0 Å². The molecule has 15 heavy (non-hydrogen) atoms. The first-order chi connectivity index (χ1) is 7.22. The SMILES string of the molecule is CCCCNCCN1C[C@@H](C)O[C@@H](C)C1. The fourth-order valence-corrected chi connectivity index (χ4v) is 2.13. The fraction of sp³-hybridized carbons (Fsp3) is 1.00. The van der Waals surface area contributed by atoms with Gasteiger partial charge in [0.25, 0.3) is 0 Å². The topological polar surface area (TPSA) is 24.5 Å². The Labute approximate surface area is 94.2 Å². The number of morpholine rings is 1. The number of unbranched alkanes of at least 4 members (excludes halogenated alkanes) is 1. The minimum absolute atomic E-state index is 0.393. The van der Waals surface area contributed by atoms with E-state index in [9.17, 15) is 0 Å². The maximum Gasteiger partial charge on any atom is 0.0678 e. The Kier molecular flexibility index (Phi) is 6.22. The fourth-order valence-electron chi connectivity index (χ4n) is 2.13. The first kappa shape index (κ1) is 12.9. The zero-order valence-corrected chi connectivity index (χ0v) is 10.5. The third-order valence-electron chi connectivity index (χ3n) is 2.81. The summed E-state index contributed by atoms with van der Waals surface area (Å²) in [5, 5.41) is 3.48. The predicted octanol–water partition coefficient (Wildman–Crippen LogP) is 1.49. The van der Waals surface area contributed by atoms with Crippen molar-refractivity contribution in [3.05, 3.63) is 0 Å². The van der Waals surface area contributed by atoms with Crippen LogP contribution in [0.5, 0.6) is 0 Å². The number of nitrogens with one attached hydrogen (secondary N) is 1. The van der Waals surface area contributed by atoms with Crippen molar-refractivity contribution in [2.24, 2.45) is 0 Å².